The largest absolute Gasteiger partial charge is 0.392 e. The second-order valence-corrected chi connectivity index (χ2v) is 6.57. The molecule has 0 aliphatic carbocycles. The van der Waals surface area contributed by atoms with E-state index in [-0.39, 0.29) is 12.5 Å². The van der Waals surface area contributed by atoms with Crippen LogP contribution in [0.3, 0.4) is 0 Å². The van der Waals surface area contributed by atoms with Crippen molar-refractivity contribution in [3.05, 3.63) is 65.2 Å². The molecule has 0 heterocycles. The fraction of sp³-hybridized carbons (Fsp3) is 0.167. The Morgan fingerprint density at radius 1 is 1.26 bits per heavy atom. The van der Waals surface area contributed by atoms with Crippen LogP contribution in [0.1, 0.15) is 12.5 Å². The highest BCUT2D eigenvalue weighted by Gasteiger charge is 2.03. The SMILES string of the molecule is CC(O)CNC(=O)C=Cc1ccccc1Sc1ccc(Cl)cc1. The van der Waals surface area contributed by atoms with E-state index in [2.05, 4.69) is 5.32 Å². The number of hydrogen-bond donors (Lipinski definition) is 2. The van der Waals surface area contributed by atoms with Crippen LogP contribution in [-0.2, 0) is 4.79 Å². The lowest BCUT2D eigenvalue weighted by atomic mass is 10.2. The van der Waals surface area contributed by atoms with Gasteiger partial charge in [0.1, 0.15) is 0 Å². The van der Waals surface area contributed by atoms with Gasteiger partial charge in [-0.3, -0.25) is 4.79 Å². The molecule has 0 aromatic heterocycles. The second-order valence-electron chi connectivity index (χ2n) is 5.02. The van der Waals surface area contributed by atoms with Gasteiger partial charge in [0, 0.05) is 27.4 Å². The Kier molecular flexibility index (Phi) is 6.71. The van der Waals surface area contributed by atoms with Crippen molar-refractivity contribution in [3.63, 3.8) is 0 Å². The summed E-state index contributed by atoms with van der Waals surface area (Å²) in [5, 5.41) is 12.5. The molecule has 1 unspecified atom stereocenters. The van der Waals surface area contributed by atoms with E-state index in [1.807, 2.05) is 48.5 Å². The minimum absolute atomic E-state index is 0.225. The van der Waals surface area contributed by atoms with Crippen LogP contribution < -0.4 is 5.32 Å². The average molecular weight is 348 g/mol. The highest BCUT2D eigenvalue weighted by Crippen LogP contribution is 2.31. The fourth-order valence-electron chi connectivity index (χ4n) is 1.81. The number of nitrogens with one attached hydrogen (secondary N) is 1. The smallest absolute Gasteiger partial charge is 0.244 e. The Hall–Kier alpha value is -1.75. The maximum atomic E-state index is 11.7. The molecule has 5 heteroatoms. The van der Waals surface area contributed by atoms with E-state index >= 15 is 0 Å². The van der Waals surface area contributed by atoms with Crippen LogP contribution in [0, 0.1) is 0 Å². The summed E-state index contributed by atoms with van der Waals surface area (Å²) in [4.78, 5) is 13.8. The van der Waals surface area contributed by atoms with Gasteiger partial charge in [0.15, 0.2) is 0 Å². The van der Waals surface area contributed by atoms with Gasteiger partial charge in [0.05, 0.1) is 6.10 Å². The number of hydrogen-bond acceptors (Lipinski definition) is 3. The first-order valence-electron chi connectivity index (χ1n) is 7.21. The maximum Gasteiger partial charge on any atom is 0.244 e. The topological polar surface area (TPSA) is 49.3 Å². The van der Waals surface area contributed by atoms with E-state index in [4.69, 9.17) is 16.7 Å². The molecule has 0 aliphatic heterocycles. The molecule has 0 saturated heterocycles. The normalized spacial score (nSPS) is 12.3. The summed E-state index contributed by atoms with van der Waals surface area (Å²) >= 11 is 7.51. The zero-order chi connectivity index (χ0) is 16.7. The third kappa shape index (κ3) is 6.10. The molecule has 23 heavy (non-hydrogen) atoms. The summed E-state index contributed by atoms with van der Waals surface area (Å²) < 4.78 is 0. The van der Waals surface area contributed by atoms with Crippen LogP contribution in [0.4, 0.5) is 0 Å². The Morgan fingerprint density at radius 3 is 2.65 bits per heavy atom. The predicted octanol–water partition coefficient (Wildman–Crippen LogP) is 4.00. The van der Waals surface area contributed by atoms with Crippen molar-refractivity contribution in [2.24, 2.45) is 0 Å². The average Bonchev–Trinajstić information content (AvgIpc) is 2.54. The van der Waals surface area contributed by atoms with Crippen LogP contribution in [0.15, 0.2) is 64.4 Å². The van der Waals surface area contributed by atoms with Gasteiger partial charge >= 0.3 is 0 Å². The van der Waals surface area contributed by atoms with Gasteiger partial charge in [-0.25, -0.2) is 0 Å². The summed E-state index contributed by atoms with van der Waals surface area (Å²) in [6.07, 6.45) is 2.69. The summed E-state index contributed by atoms with van der Waals surface area (Å²) in [7, 11) is 0. The van der Waals surface area contributed by atoms with Crippen molar-refractivity contribution in [2.75, 3.05) is 6.54 Å². The van der Waals surface area contributed by atoms with Crippen molar-refractivity contribution in [3.8, 4) is 0 Å². The Morgan fingerprint density at radius 2 is 1.96 bits per heavy atom. The zero-order valence-corrected chi connectivity index (χ0v) is 14.3. The highest BCUT2D eigenvalue weighted by atomic mass is 35.5. The first-order chi connectivity index (χ1) is 11.0. The monoisotopic (exact) mass is 347 g/mol. The van der Waals surface area contributed by atoms with Gasteiger partial charge < -0.3 is 10.4 Å². The van der Waals surface area contributed by atoms with E-state index in [9.17, 15) is 4.79 Å². The van der Waals surface area contributed by atoms with Gasteiger partial charge in [-0.1, -0.05) is 41.6 Å². The molecule has 0 saturated carbocycles. The van der Waals surface area contributed by atoms with Crippen LogP contribution in [0.5, 0.6) is 0 Å². The molecule has 2 aromatic carbocycles. The summed E-state index contributed by atoms with van der Waals surface area (Å²) in [5.74, 6) is -0.225. The van der Waals surface area contributed by atoms with Crippen molar-refractivity contribution < 1.29 is 9.90 Å². The lowest BCUT2D eigenvalue weighted by Gasteiger charge is -2.06. The number of halogens is 1. The minimum Gasteiger partial charge on any atom is -0.392 e. The molecule has 1 atom stereocenters. The molecule has 120 valence electrons. The molecule has 0 radical (unpaired) electrons. The molecule has 0 bridgehead atoms. The summed E-state index contributed by atoms with van der Waals surface area (Å²) in [6.45, 7) is 1.87. The Bertz CT molecular complexity index is 684. The molecule has 0 spiro atoms. The van der Waals surface area contributed by atoms with E-state index in [0.717, 1.165) is 15.4 Å². The molecular weight excluding hydrogens is 330 g/mol. The standard InChI is InChI=1S/C18H18ClNO2S/c1-13(21)12-20-18(22)11-6-14-4-2-3-5-17(14)23-16-9-7-15(19)8-10-16/h2-11,13,21H,12H2,1H3,(H,20,22). The molecule has 2 rings (SSSR count). The molecule has 0 aliphatic rings. The minimum atomic E-state index is -0.555. The van der Waals surface area contributed by atoms with E-state index < -0.39 is 6.10 Å². The zero-order valence-electron chi connectivity index (χ0n) is 12.7. The molecular formula is C18H18ClNO2S. The molecule has 3 nitrogen and oxygen atoms in total. The highest BCUT2D eigenvalue weighted by molar-refractivity contribution is 7.99. The van der Waals surface area contributed by atoms with Gasteiger partial charge in [-0.2, -0.15) is 0 Å². The van der Waals surface area contributed by atoms with E-state index in [1.54, 1.807) is 24.8 Å². The van der Waals surface area contributed by atoms with Crippen LogP contribution in [0.25, 0.3) is 6.08 Å². The number of carbonyl (C=O) groups is 1. The van der Waals surface area contributed by atoms with Gasteiger partial charge in [-0.15, -0.1) is 0 Å². The molecule has 1 amide bonds. The predicted molar refractivity (Wildman–Crippen MR) is 95.7 cm³/mol. The summed E-state index contributed by atoms with van der Waals surface area (Å²) in [5.41, 5.74) is 0.958. The lowest BCUT2D eigenvalue weighted by molar-refractivity contribution is -0.116. The van der Waals surface area contributed by atoms with E-state index in [0.29, 0.717) is 5.02 Å². The Labute approximate surface area is 145 Å². The fourth-order valence-corrected chi connectivity index (χ4v) is 2.87. The van der Waals surface area contributed by atoms with Crippen molar-refractivity contribution in [2.45, 2.75) is 22.8 Å². The molecule has 0 fully saturated rings. The van der Waals surface area contributed by atoms with Gasteiger partial charge in [-0.05, 0) is 48.9 Å². The quantitative estimate of drug-likeness (QED) is 0.776. The number of aliphatic hydroxyl groups is 1. The first-order valence-corrected chi connectivity index (χ1v) is 8.40. The number of rotatable bonds is 6. The number of aliphatic hydroxyl groups excluding tert-OH is 1. The second kappa shape index (κ2) is 8.77. The van der Waals surface area contributed by atoms with Crippen LogP contribution >= 0.6 is 23.4 Å². The van der Waals surface area contributed by atoms with Crippen molar-refractivity contribution in [1.82, 2.24) is 5.32 Å². The third-order valence-corrected chi connectivity index (χ3v) is 4.30. The van der Waals surface area contributed by atoms with Gasteiger partial charge in [0.2, 0.25) is 5.91 Å². The van der Waals surface area contributed by atoms with Gasteiger partial charge in [0.25, 0.3) is 0 Å². The number of benzene rings is 2. The number of carbonyl (C=O) groups excluding carboxylic acids is 1. The maximum absolute atomic E-state index is 11.7. The molecule has 2 aromatic rings. The van der Waals surface area contributed by atoms with E-state index in [1.165, 1.54) is 6.08 Å². The van der Waals surface area contributed by atoms with Crippen LogP contribution in [0.2, 0.25) is 5.02 Å². The van der Waals surface area contributed by atoms with Crippen molar-refractivity contribution >= 4 is 35.3 Å². The number of amides is 1. The summed E-state index contributed by atoms with van der Waals surface area (Å²) in [6, 6.07) is 15.5. The Balaban J connectivity index is 2.08. The molecule has 2 N–H and O–H groups in total. The van der Waals surface area contributed by atoms with Crippen LogP contribution in [-0.4, -0.2) is 23.7 Å². The lowest BCUT2D eigenvalue weighted by Crippen LogP contribution is -2.28. The third-order valence-electron chi connectivity index (χ3n) is 2.95. The van der Waals surface area contributed by atoms with Crippen molar-refractivity contribution in [1.29, 1.82) is 0 Å². The first kappa shape index (κ1) is 17.6.